The van der Waals surface area contributed by atoms with Gasteiger partial charge in [0, 0.05) is 5.56 Å². The van der Waals surface area contributed by atoms with Crippen molar-refractivity contribution in [3.63, 3.8) is 0 Å². The highest BCUT2D eigenvalue weighted by molar-refractivity contribution is 14.1. The summed E-state index contributed by atoms with van der Waals surface area (Å²) >= 11 is 2.20. The highest BCUT2D eigenvalue weighted by Crippen LogP contribution is 2.34. The molecule has 25 heavy (non-hydrogen) atoms. The van der Waals surface area contributed by atoms with E-state index >= 15 is 0 Å². The first-order valence-corrected chi connectivity index (χ1v) is 9.51. The van der Waals surface area contributed by atoms with Crippen LogP contribution in [0, 0.1) is 0 Å². The molecule has 0 atom stereocenters. The van der Waals surface area contributed by atoms with Gasteiger partial charge >= 0.3 is 0 Å². The van der Waals surface area contributed by atoms with Gasteiger partial charge in [-0.25, -0.2) is 0 Å². The monoisotopic (exact) mass is 450 g/mol. The topological polar surface area (TPSA) is 44.8 Å². The molecule has 0 radical (unpaired) electrons. The second-order valence-electron chi connectivity index (χ2n) is 5.61. The first kappa shape index (κ1) is 18.1. The van der Waals surface area contributed by atoms with Gasteiger partial charge in [-0.15, -0.1) is 0 Å². The highest BCUT2D eigenvalue weighted by atomic mass is 127. The summed E-state index contributed by atoms with van der Waals surface area (Å²) in [6, 6.07) is 16.8. The zero-order valence-corrected chi connectivity index (χ0v) is 16.1. The predicted octanol–water partition coefficient (Wildman–Crippen LogP) is 4.14. The Labute approximate surface area is 160 Å². The number of methoxy groups -OCH3 is 1. The van der Waals surface area contributed by atoms with Crippen LogP contribution in [0.4, 0.5) is 0 Å². The molecule has 0 unspecified atom stereocenters. The largest absolute Gasteiger partial charge is 0.497 e. The summed E-state index contributed by atoms with van der Waals surface area (Å²) in [7, 11) is 1.63. The van der Waals surface area contributed by atoms with Crippen LogP contribution >= 0.6 is 22.6 Å². The minimum Gasteiger partial charge on any atom is -0.497 e. The van der Waals surface area contributed by atoms with Crippen molar-refractivity contribution >= 4 is 34.5 Å². The maximum atomic E-state index is 13.2. The minimum atomic E-state index is -1.01. The molecule has 1 aliphatic heterocycles. The number of benzene rings is 2. The fourth-order valence-electron chi connectivity index (χ4n) is 2.72. The molecular weight excluding hydrogens is 431 g/mol. The molecule has 1 saturated heterocycles. The number of hydrogen-bond acceptors (Lipinski definition) is 4. The lowest BCUT2D eigenvalue weighted by atomic mass is 9.95. The van der Waals surface area contributed by atoms with Gasteiger partial charge in [-0.1, -0.05) is 65.1 Å². The Morgan fingerprint density at radius 3 is 2.32 bits per heavy atom. The number of ketones is 1. The molecule has 1 aliphatic rings. The smallest absolute Gasteiger partial charge is 0.208 e. The van der Waals surface area contributed by atoms with E-state index in [1.54, 1.807) is 19.2 Å². The molecule has 4 nitrogen and oxygen atoms in total. The molecule has 2 aromatic carbocycles. The predicted molar refractivity (Wildman–Crippen MR) is 105 cm³/mol. The van der Waals surface area contributed by atoms with Gasteiger partial charge in [-0.05, 0) is 23.8 Å². The third kappa shape index (κ3) is 3.94. The van der Waals surface area contributed by atoms with E-state index in [4.69, 9.17) is 14.2 Å². The van der Waals surface area contributed by atoms with E-state index in [9.17, 15) is 4.79 Å². The molecule has 0 N–H and O–H groups in total. The molecule has 1 heterocycles. The summed E-state index contributed by atoms with van der Waals surface area (Å²) in [5, 5.41) is 0. The van der Waals surface area contributed by atoms with Gasteiger partial charge in [0.05, 0.1) is 30.3 Å². The van der Waals surface area contributed by atoms with Crippen LogP contribution in [0.1, 0.15) is 15.9 Å². The molecular formula is C20H19IO4. The number of hydrogen-bond donors (Lipinski definition) is 0. The highest BCUT2D eigenvalue weighted by Gasteiger charge is 2.43. The maximum Gasteiger partial charge on any atom is 0.208 e. The minimum absolute atomic E-state index is 0.0880. The summed E-state index contributed by atoms with van der Waals surface area (Å²) < 4.78 is 17.5. The summed E-state index contributed by atoms with van der Waals surface area (Å²) in [5.41, 5.74) is 2.02. The van der Waals surface area contributed by atoms with Crippen LogP contribution in [0.5, 0.6) is 5.75 Å². The van der Waals surface area contributed by atoms with Crippen molar-refractivity contribution in [1.29, 1.82) is 0 Å². The first-order valence-electron chi connectivity index (χ1n) is 7.98. The quantitative estimate of drug-likeness (QED) is 0.287. The molecule has 0 spiro atoms. The summed E-state index contributed by atoms with van der Waals surface area (Å²) in [6.07, 6.45) is 1.85. The fraction of sp³-hybridized carbons (Fsp3) is 0.250. The Morgan fingerprint density at radius 1 is 1.12 bits per heavy atom. The number of rotatable bonds is 6. The normalized spacial score (nSPS) is 16.6. The van der Waals surface area contributed by atoms with Crippen molar-refractivity contribution < 1.29 is 19.0 Å². The van der Waals surface area contributed by atoms with Crippen LogP contribution in [0.15, 0.2) is 60.2 Å². The second-order valence-corrected chi connectivity index (χ2v) is 6.37. The number of carbonyl (C=O) groups excluding carboxylic acids is 1. The standard InChI is InChI=1S/C20H19IO4/c1-23-17-9-7-15(8-10-17)13-18(20(14-21)24-11-12-25-20)19(22)16-5-3-2-4-6-16/h2-10,13H,11-12,14H2,1H3/b18-13+. The van der Waals surface area contributed by atoms with E-state index < -0.39 is 5.79 Å². The van der Waals surface area contributed by atoms with Crippen molar-refractivity contribution in [3.8, 4) is 5.75 Å². The van der Waals surface area contributed by atoms with Gasteiger partial charge in [-0.3, -0.25) is 4.79 Å². The van der Waals surface area contributed by atoms with Crippen LogP contribution < -0.4 is 4.74 Å². The molecule has 5 heteroatoms. The lowest BCUT2D eigenvalue weighted by Gasteiger charge is -2.27. The average molecular weight is 450 g/mol. The van der Waals surface area contributed by atoms with Crippen molar-refractivity contribution in [2.45, 2.75) is 5.79 Å². The van der Waals surface area contributed by atoms with Crippen LogP contribution in [0.3, 0.4) is 0 Å². The Kier molecular flexibility index (Phi) is 5.88. The molecule has 130 valence electrons. The number of ether oxygens (including phenoxy) is 3. The fourth-order valence-corrected chi connectivity index (χ4v) is 3.57. The molecule has 0 saturated carbocycles. The summed E-state index contributed by atoms with van der Waals surface area (Å²) in [4.78, 5) is 13.2. The molecule has 3 rings (SSSR count). The molecule has 0 amide bonds. The SMILES string of the molecule is COc1ccc(/C=C(\C(=O)c2ccccc2)C2(CI)OCCO2)cc1. The van der Waals surface area contributed by atoms with E-state index in [0.29, 0.717) is 28.8 Å². The van der Waals surface area contributed by atoms with Gasteiger partial charge in [0.1, 0.15) is 5.75 Å². The zero-order chi connectivity index (χ0) is 17.7. The van der Waals surface area contributed by atoms with E-state index in [1.165, 1.54) is 0 Å². The van der Waals surface area contributed by atoms with E-state index in [1.807, 2.05) is 48.5 Å². The average Bonchev–Trinajstić information content (AvgIpc) is 3.17. The van der Waals surface area contributed by atoms with Gasteiger partial charge < -0.3 is 14.2 Å². The second kappa shape index (κ2) is 8.12. The summed E-state index contributed by atoms with van der Waals surface area (Å²) in [6.45, 7) is 0.954. The lowest BCUT2D eigenvalue weighted by molar-refractivity contribution is -0.0997. The molecule has 0 aliphatic carbocycles. The number of Topliss-reactive ketones (excluding diaryl/α,β-unsaturated/α-hetero) is 1. The summed E-state index contributed by atoms with van der Waals surface area (Å²) in [5.74, 6) is -0.326. The van der Waals surface area contributed by atoms with Gasteiger partial charge in [0.15, 0.2) is 5.78 Å². The van der Waals surface area contributed by atoms with Crippen molar-refractivity contribution in [2.24, 2.45) is 0 Å². The van der Waals surface area contributed by atoms with Gasteiger partial charge in [0.2, 0.25) is 5.79 Å². The Balaban J connectivity index is 2.04. The number of carbonyl (C=O) groups is 1. The van der Waals surface area contributed by atoms with Crippen molar-refractivity contribution in [1.82, 2.24) is 0 Å². The zero-order valence-electron chi connectivity index (χ0n) is 13.9. The van der Waals surface area contributed by atoms with Gasteiger partial charge in [0.25, 0.3) is 0 Å². The molecule has 1 fully saturated rings. The Bertz CT molecular complexity index is 747. The number of halogens is 1. The molecule has 2 aromatic rings. The van der Waals surface area contributed by atoms with Crippen LogP contribution in [-0.2, 0) is 9.47 Å². The Morgan fingerprint density at radius 2 is 1.76 bits per heavy atom. The third-order valence-corrected chi connectivity index (χ3v) is 5.05. The van der Waals surface area contributed by atoms with E-state index in [-0.39, 0.29) is 5.78 Å². The van der Waals surface area contributed by atoms with Crippen molar-refractivity contribution in [2.75, 3.05) is 24.8 Å². The molecule has 0 bridgehead atoms. The third-order valence-electron chi connectivity index (χ3n) is 4.05. The van der Waals surface area contributed by atoms with Crippen LogP contribution in [0.2, 0.25) is 0 Å². The van der Waals surface area contributed by atoms with Crippen LogP contribution in [-0.4, -0.2) is 36.3 Å². The van der Waals surface area contributed by atoms with Crippen LogP contribution in [0.25, 0.3) is 6.08 Å². The molecule has 0 aromatic heterocycles. The Hall–Kier alpha value is -1.70. The first-order chi connectivity index (χ1) is 12.2. The van der Waals surface area contributed by atoms with E-state index in [2.05, 4.69) is 22.6 Å². The van der Waals surface area contributed by atoms with Gasteiger partial charge in [-0.2, -0.15) is 0 Å². The van der Waals surface area contributed by atoms with Crippen molar-refractivity contribution in [3.05, 3.63) is 71.3 Å². The maximum absolute atomic E-state index is 13.2. The number of alkyl halides is 1. The lowest BCUT2D eigenvalue weighted by Crippen LogP contribution is -2.38. The van der Waals surface area contributed by atoms with E-state index in [0.717, 1.165) is 11.3 Å².